The molecule has 0 saturated heterocycles. The van der Waals surface area contributed by atoms with Crippen molar-refractivity contribution in [3.63, 3.8) is 0 Å². The van der Waals surface area contributed by atoms with Crippen LogP contribution in [0.1, 0.15) is 30.0 Å². The van der Waals surface area contributed by atoms with Crippen LogP contribution in [0.4, 0.5) is 8.78 Å². The fourth-order valence-electron chi connectivity index (χ4n) is 2.08. The Kier molecular flexibility index (Phi) is 4.87. The van der Waals surface area contributed by atoms with Crippen molar-refractivity contribution in [2.24, 2.45) is 0 Å². The van der Waals surface area contributed by atoms with Crippen molar-refractivity contribution in [1.82, 2.24) is 5.32 Å². The minimum Gasteiger partial charge on any atom is -0.462 e. The molecule has 0 fully saturated rings. The summed E-state index contributed by atoms with van der Waals surface area (Å²) in [6.45, 7) is 2.83. The molecule has 1 heterocycles. The van der Waals surface area contributed by atoms with Crippen LogP contribution in [0.5, 0.6) is 0 Å². The smallest absolute Gasteiger partial charge is 0.164 e. The first-order valence-corrected chi connectivity index (χ1v) is 6.42. The first-order valence-electron chi connectivity index (χ1n) is 6.42. The Balaban J connectivity index is 2.36. The quantitative estimate of drug-likeness (QED) is 0.881. The molecule has 0 aliphatic carbocycles. The maximum Gasteiger partial charge on any atom is 0.164 e. The molecular weight excluding hydrogens is 264 g/mol. The van der Waals surface area contributed by atoms with Gasteiger partial charge in [0.05, 0.1) is 6.04 Å². The number of benzene rings is 1. The highest BCUT2D eigenvalue weighted by atomic mass is 19.2. The number of halogens is 2. The van der Waals surface area contributed by atoms with Crippen molar-refractivity contribution in [2.75, 3.05) is 13.7 Å². The summed E-state index contributed by atoms with van der Waals surface area (Å²) < 4.78 is 37.9. The zero-order valence-electron chi connectivity index (χ0n) is 11.5. The molecule has 0 saturated carbocycles. The lowest BCUT2D eigenvalue weighted by atomic mass is 10.0. The summed E-state index contributed by atoms with van der Waals surface area (Å²) in [7, 11) is 1.57. The third-order valence-corrected chi connectivity index (χ3v) is 2.95. The van der Waals surface area contributed by atoms with E-state index in [1.54, 1.807) is 25.3 Å². The molecule has 1 N–H and O–H groups in total. The molecule has 0 aliphatic rings. The van der Waals surface area contributed by atoms with E-state index in [1.807, 2.05) is 6.92 Å². The van der Waals surface area contributed by atoms with E-state index in [0.29, 0.717) is 24.7 Å². The summed E-state index contributed by atoms with van der Waals surface area (Å²) in [6, 6.07) is 7.11. The second-order valence-electron chi connectivity index (χ2n) is 4.37. The van der Waals surface area contributed by atoms with E-state index >= 15 is 0 Å². The lowest BCUT2D eigenvalue weighted by Gasteiger charge is -2.17. The van der Waals surface area contributed by atoms with Gasteiger partial charge in [-0.25, -0.2) is 8.78 Å². The molecule has 0 radical (unpaired) electrons. The Bertz CT molecular complexity index is 569. The van der Waals surface area contributed by atoms with Crippen molar-refractivity contribution in [2.45, 2.75) is 19.6 Å². The van der Waals surface area contributed by atoms with E-state index < -0.39 is 17.7 Å². The fraction of sp³-hybridized carbons (Fsp3) is 0.333. The van der Waals surface area contributed by atoms with Crippen molar-refractivity contribution in [3.05, 3.63) is 59.1 Å². The van der Waals surface area contributed by atoms with Gasteiger partial charge in [-0.1, -0.05) is 19.1 Å². The van der Waals surface area contributed by atoms with Crippen LogP contribution >= 0.6 is 0 Å². The van der Waals surface area contributed by atoms with Gasteiger partial charge in [0.1, 0.15) is 18.1 Å². The van der Waals surface area contributed by atoms with Crippen molar-refractivity contribution in [1.29, 1.82) is 0 Å². The normalized spacial score (nSPS) is 12.6. The molecule has 0 bridgehead atoms. The standard InChI is InChI=1S/C15H17F2NO2/c1-3-18-15(11-5-4-6-12(16)14(11)17)13-8-7-10(20-13)9-19-2/h4-8,15,18H,3,9H2,1-2H3. The third-order valence-electron chi connectivity index (χ3n) is 2.95. The van der Waals surface area contributed by atoms with Crippen LogP contribution in [0, 0.1) is 11.6 Å². The predicted molar refractivity (Wildman–Crippen MR) is 71.3 cm³/mol. The number of methoxy groups -OCH3 is 1. The second-order valence-corrected chi connectivity index (χ2v) is 4.37. The maximum atomic E-state index is 13.9. The SMILES string of the molecule is CCNC(c1ccc(COC)o1)c1cccc(F)c1F. The van der Waals surface area contributed by atoms with E-state index in [0.717, 1.165) is 6.07 Å². The number of rotatable bonds is 6. The van der Waals surface area contributed by atoms with Crippen molar-refractivity contribution in [3.8, 4) is 0 Å². The zero-order valence-corrected chi connectivity index (χ0v) is 11.5. The van der Waals surface area contributed by atoms with Gasteiger partial charge >= 0.3 is 0 Å². The number of hydrogen-bond donors (Lipinski definition) is 1. The van der Waals surface area contributed by atoms with Crippen LogP contribution in [0.3, 0.4) is 0 Å². The first kappa shape index (κ1) is 14.7. The van der Waals surface area contributed by atoms with Crippen LogP contribution < -0.4 is 5.32 Å². The molecule has 2 aromatic rings. The lowest BCUT2D eigenvalue weighted by Crippen LogP contribution is -2.23. The monoisotopic (exact) mass is 281 g/mol. The second kappa shape index (κ2) is 6.63. The lowest BCUT2D eigenvalue weighted by molar-refractivity contribution is 0.162. The number of ether oxygens (including phenoxy) is 1. The molecule has 1 aromatic carbocycles. The van der Waals surface area contributed by atoms with Crippen LogP contribution in [0.15, 0.2) is 34.7 Å². The van der Waals surface area contributed by atoms with Gasteiger partial charge in [0.15, 0.2) is 11.6 Å². The highest BCUT2D eigenvalue weighted by Gasteiger charge is 2.22. The van der Waals surface area contributed by atoms with E-state index in [4.69, 9.17) is 9.15 Å². The van der Waals surface area contributed by atoms with Gasteiger partial charge in [0.2, 0.25) is 0 Å². The Morgan fingerprint density at radius 3 is 2.75 bits per heavy atom. The van der Waals surface area contributed by atoms with Crippen LogP contribution in [0.25, 0.3) is 0 Å². The Morgan fingerprint density at radius 1 is 1.25 bits per heavy atom. The highest BCUT2D eigenvalue weighted by Crippen LogP contribution is 2.27. The summed E-state index contributed by atoms with van der Waals surface area (Å²) in [6.07, 6.45) is 0. The molecule has 1 atom stereocenters. The van der Waals surface area contributed by atoms with E-state index in [1.165, 1.54) is 6.07 Å². The molecule has 20 heavy (non-hydrogen) atoms. The molecule has 3 nitrogen and oxygen atoms in total. The molecular formula is C15H17F2NO2. The molecule has 0 spiro atoms. The number of nitrogens with one attached hydrogen (secondary N) is 1. The number of hydrogen-bond acceptors (Lipinski definition) is 3. The van der Waals surface area contributed by atoms with E-state index in [-0.39, 0.29) is 5.56 Å². The molecule has 108 valence electrons. The molecule has 5 heteroatoms. The average molecular weight is 281 g/mol. The van der Waals surface area contributed by atoms with Gasteiger partial charge in [-0.15, -0.1) is 0 Å². The fourth-order valence-corrected chi connectivity index (χ4v) is 2.08. The molecule has 0 aliphatic heterocycles. The van der Waals surface area contributed by atoms with Crippen molar-refractivity contribution < 1.29 is 17.9 Å². The van der Waals surface area contributed by atoms with Gasteiger partial charge < -0.3 is 14.5 Å². The Morgan fingerprint density at radius 2 is 2.05 bits per heavy atom. The largest absolute Gasteiger partial charge is 0.462 e. The minimum atomic E-state index is -0.867. The predicted octanol–water partition coefficient (Wildman–Crippen LogP) is 3.40. The van der Waals surface area contributed by atoms with Crippen LogP contribution in [-0.2, 0) is 11.3 Å². The van der Waals surface area contributed by atoms with Gasteiger partial charge in [0, 0.05) is 12.7 Å². The Hall–Kier alpha value is -1.72. The summed E-state index contributed by atoms with van der Waals surface area (Å²) >= 11 is 0. The maximum absolute atomic E-state index is 13.9. The highest BCUT2D eigenvalue weighted by molar-refractivity contribution is 5.29. The summed E-state index contributed by atoms with van der Waals surface area (Å²) in [4.78, 5) is 0. The molecule has 1 aromatic heterocycles. The number of furan rings is 1. The topological polar surface area (TPSA) is 34.4 Å². The zero-order chi connectivity index (χ0) is 14.5. The van der Waals surface area contributed by atoms with Crippen LogP contribution in [0.2, 0.25) is 0 Å². The minimum absolute atomic E-state index is 0.227. The van der Waals surface area contributed by atoms with Crippen molar-refractivity contribution >= 4 is 0 Å². The summed E-state index contributed by atoms with van der Waals surface area (Å²) in [5.41, 5.74) is 0.227. The summed E-state index contributed by atoms with van der Waals surface area (Å²) in [5.74, 6) is -0.553. The average Bonchev–Trinajstić information content (AvgIpc) is 2.88. The van der Waals surface area contributed by atoms with Gasteiger partial charge in [-0.05, 0) is 24.7 Å². The van der Waals surface area contributed by atoms with Gasteiger partial charge in [0.25, 0.3) is 0 Å². The molecule has 1 unspecified atom stereocenters. The Labute approximate surface area is 116 Å². The van der Waals surface area contributed by atoms with Gasteiger partial charge in [-0.3, -0.25) is 0 Å². The van der Waals surface area contributed by atoms with Crippen LogP contribution in [-0.4, -0.2) is 13.7 Å². The molecule has 0 amide bonds. The molecule has 2 rings (SSSR count). The van der Waals surface area contributed by atoms with E-state index in [9.17, 15) is 8.78 Å². The third kappa shape index (κ3) is 3.05. The first-order chi connectivity index (χ1) is 9.67. The van der Waals surface area contributed by atoms with E-state index in [2.05, 4.69) is 5.32 Å². The summed E-state index contributed by atoms with van der Waals surface area (Å²) in [5, 5.41) is 3.10. The van der Waals surface area contributed by atoms with Gasteiger partial charge in [-0.2, -0.15) is 0 Å².